The zero-order valence-corrected chi connectivity index (χ0v) is 15.7. The molecule has 7 heteroatoms. The third kappa shape index (κ3) is 4.74. The van der Waals surface area contributed by atoms with Crippen LogP contribution in [-0.2, 0) is 13.1 Å². The van der Waals surface area contributed by atoms with Crippen molar-refractivity contribution < 1.29 is 9.15 Å². The first-order chi connectivity index (χ1) is 12.7. The Morgan fingerprint density at radius 1 is 1.27 bits per heavy atom. The average molecular weight is 357 g/mol. The first-order valence-electron chi connectivity index (χ1n) is 9.13. The maximum Gasteiger partial charge on any atom is 0.218 e. The largest absolute Gasteiger partial charge is 0.474 e. The normalized spacial score (nSPS) is 15.3. The van der Waals surface area contributed by atoms with Gasteiger partial charge in [-0.2, -0.15) is 0 Å². The van der Waals surface area contributed by atoms with Gasteiger partial charge in [0.2, 0.25) is 11.8 Å². The Bertz CT molecular complexity index is 731. The molecule has 0 saturated heterocycles. The first-order valence-corrected chi connectivity index (χ1v) is 9.13. The number of rotatable bonds is 6. The molecule has 2 aromatic heterocycles. The van der Waals surface area contributed by atoms with Crippen LogP contribution >= 0.6 is 0 Å². The summed E-state index contributed by atoms with van der Waals surface area (Å²) < 4.78 is 11.7. The molecule has 0 atom stereocenters. The van der Waals surface area contributed by atoms with Crippen molar-refractivity contribution in [3.8, 4) is 5.88 Å². The van der Waals surface area contributed by atoms with E-state index in [1.165, 1.54) is 12.8 Å². The van der Waals surface area contributed by atoms with Crippen molar-refractivity contribution in [3.63, 3.8) is 0 Å². The standard InChI is InChI=1S/C19H27N5O2/c1-13-14(2)25-17(24-13)12-23-19(20-3)22-11-15-7-6-10-21-18(15)26-16-8-4-5-9-16/h6-7,10,16H,4-5,8-9,11-12H2,1-3H3,(H2,20,22,23). The summed E-state index contributed by atoms with van der Waals surface area (Å²) in [4.78, 5) is 13.0. The van der Waals surface area contributed by atoms with Crippen LogP contribution in [0.2, 0.25) is 0 Å². The van der Waals surface area contributed by atoms with Crippen molar-refractivity contribution in [3.05, 3.63) is 41.2 Å². The minimum absolute atomic E-state index is 0.289. The Balaban J connectivity index is 1.54. The van der Waals surface area contributed by atoms with Gasteiger partial charge in [-0.05, 0) is 45.6 Å². The van der Waals surface area contributed by atoms with Gasteiger partial charge >= 0.3 is 0 Å². The lowest BCUT2D eigenvalue weighted by atomic mass is 10.2. The van der Waals surface area contributed by atoms with Crippen molar-refractivity contribution in [1.82, 2.24) is 20.6 Å². The maximum atomic E-state index is 6.08. The summed E-state index contributed by atoms with van der Waals surface area (Å²) in [7, 11) is 1.74. The number of aliphatic imine (C=N–C) groups is 1. The van der Waals surface area contributed by atoms with Crippen LogP contribution in [0.1, 0.15) is 48.6 Å². The molecular weight excluding hydrogens is 330 g/mol. The Morgan fingerprint density at radius 2 is 2.04 bits per heavy atom. The van der Waals surface area contributed by atoms with Gasteiger partial charge in [0.25, 0.3) is 0 Å². The van der Waals surface area contributed by atoms with Gasteiger partial charge in [0.05, 0.1) is 12.2 Å². The number of aryl methyl sites for hydroxylation is 2. The zero-order valence-electron chi connectivity index (χ0n) is 15.7. The van der Waals surface area contributed by atoms with E-state index in [9.17, 15) is 0 Å². The molecule has 2 aromatic rings. The monoisotopic (exact) mass is 357 g/mol. The highest BCUT2D eigenvalue weighted by Gasteiger charge is 2.18. The van der Waals surface area contributed by atoms with E-state index >= 15 is 0 Å². The van der Waals surface area contributed by atoms with E-state index in [4.69, 9.17) is 9.15 Å². The topological polar surface area (TPSA) is 84.6 Å². The Morgan fingerprint density at radius 3 is 2.73 bits per heavy atom. The number of nitrogens with zero attached hydrogens (tertiary/aromatic N) is 3. The van der Waals surface area contributed by atoms with Crippen LogP contribution in [0.3, 0.4) is 0 Å². The fraction of sp³-hybridized carbons (Fsp3) is 0.526. The minimum atomic E-state index is 0.289. The first kappa shape index (κ1) is 18.2. The molecule has 1 fully saturated rings. The van der Waals surface area contributed by atoms with Crippen LogP contribution in [-0.4, -0.2) is 29.1 Å². The molecule has 0 unspecified atom stereocenters. The van der Waals surface area contributed by atoms with Gasteiger partial charge in [-0.25, -0.2) is 9.97 Å². The highest BCUT2D eigenvalue weighted by molar-refractivity contribution is 5.79. The van der Waals surface area contributed by atoms with E-state index < -0.39 is 0 Å². The molecule has 0 aromatic carbocycles. The lowest BCUT2D eigenvalue weighted by Gasteiger charge is -2.16. The molecule has 140 valence electrons. The second kappa shape index (κ2) is 8.69. The van der Waals surface area contributed by atoms with Crippen LogP contribution in [0.15, 0.2) is 27.7 Å². The molecule has 0 radical (unpaired) electrons. The van der Waals surface area contributed by atoms with Crippen molar-refractivity contribution >= 4 is 5.96 Å². The fourth-order valence-corrected chi connectivity index (χ4v) is 3.00. The Hall–Kier alpha value is -2.57. The predicted molar refractivity (Wildman–Crippen MR) is 100 cm³/mol. The van der Waals surface area contributed by atoms with E-state index in [0.29, 0.717) is 30.8 Å². The van der Waals surface area contributed by atoms with Crippen molar-refractivity contribution in [2.45, 2.75) is 58.7 Å². The molecule has 26 heavy (non-hydrogen) atoms. The molecule has 0 bridgehead atoms. The summed E-state index contributed by atoms with van der Waals surface area (Å²) in [6, 6.07) is 3.95. The van der Waals surface area contributed by atoms with Gasteiger partial charge in [0.15, 0.2) is 5.96 Å². The molecular formula is C19H27N5O2. The van der Waals surface area contributed by atoms with E-state index in [0.717, 1.165) is 29.9 Å². The van der Waals surface area contributed by atoms with Crippen molar-refractivity contribution in [1.29, 1.82) is 0 Å². The third-order valence-electron chi connectivity index (χ3n) is 4.58. The molecule has 0 aliphatic heterocycles. The van der Waals surface area contributed by atoms with Crippen LogP contribution < -0.4 is 15.4 Å². The van der Waals surface area contributed by atoms with Gasteiger partial charge in [-0.1, -0.05) is 6.07 Å². The highest BCUT2D eigenvalue weighted by atomic mass is 16.5. The Kier molecular flexibility index (Phi) is 6.09. The van der Waals surface area contributed by atoms with Gasteiger partial charge in [0.1, 0.15) is 11.9 Å². The molecule has 1 saturated carbocycles. The molecule has 1 aliphatic rings. The highest BCUT2D eigenvalue weighted by Crippen LogP contribution is 2.24. The Labute approximate surface area is 154 Å². The van der Waals surface area contributed by atoms with Crippen molar-refractivity contribution in [2.24, 2.45) is 4.99 Å². The van der Waals surface area contributed by atoms with E-state index in [1.807, 2.05) is 26.0 Å². The summed E-state index contributed by atoms with van der Waals surface area (Å²) >= 11 is 0. The number of oxazole rings is 1. The van der Waals surface area contributed by atoms with E-state index in [2.05, 4.69) is 25.6 Å². The van der Waals surface area contributed by atoms with Crippen LogP contribution in [0.4, 0.5) is 0 Å². The fourth-order valence-electron chi connectivity index (χ4n) is 3.00. The third-order valence-corrected chi connectivity index (χ3v) is 4.58. The smallest absolute Gasteiger partial charge is 0.218 e. The summed E-state index contributed by atoms with van der Waals surface area (Å²) in [5.41, 5.74) is 1.93. The molecule has 3 rings (SSSR count). The molecule has 0 spiro atoms. The number of hydrogen-bond acceptors (Lipinski definition) is 5. The van der Waals surface area contributed by atoms with Gasteiger partial charge in [0, 0.05) is 25.4 Å². The van der Waals surface area contributed by atoms with E-state index in [1.54, 1.807) is 13.2 Å². The molecule has 0 amide bonds. The molecule has 7 nitrogen and oxygen atoms in total. The summed E-state index contributed by atoms with van der Waals surface area (Å²) in [6.45, 7) is 4.91. The minimum Gasteiger partial charge on any atom is -0.474 e. The predicted octanol–water partition coefficient (Wildman–Crippen LogP) is 2.87. The van der Waals surface area contributed by atoms with Gasteiger partial charge in [-0.15, -0.1) is 0 Å². The molecule has 2 N–H and O–H groups in total. The van der Waals surface area contributed by atoms with E-state index in [-0.39, 0.29) is 6.10 Å². The van der Waals surface area contributed by atoms with Crippen molar-refractivity contribution in [2.75, 3.05) is 7.05 Å². The number of aromatic nitrogens is 2. The lowest BCUT2D eigenvalue weighted by molar-refractivity contribution is 0.199. The maximum absolute atomic E-state index is 6.08. The second-order valence-corrected chi connectivity index (χ2v) is 6.52. The second-order valence-electron chi connectivity index (χ2n) is 6.52. The van der Waals surface area contributed by atoms with Crippen LogP contribution in [0.5, 0.6) is 5.88 Å². The van der Waals surface area contributed by atoms with Gasteiger partial charge in [-0.3, -0.25) is 4.99 Å². The SMILES string of the molecule is CN=C(NCc1nc(C)c(C)o1)NCc1cccnc1OC1CCCC1. The number of pyridine rings is 1. The average Bonchev–Trinajstić information content (AvgIpc) is 3.26. The lowest BCUT2D eigenvalue weighted by Crippen LogP contribution is -2.36. The van der Waals surface area contributed by atoms with Crippen LogP contribution in [0.25, 0.3) is 0 Å². The number of guanidine groups is 1. The zero-order chi connectivity index (χ0) is 18.4. The number of nitrogens with one attached hydrogen (secondary N) is 2. The molecule has 2 heterocycles. The van der Waals surface area contributed by atoms with Gasteiger partial charge < -0.3 is 19.8 Å². The number of ether oxygens (including phenoxy) is 1. The summed E-state index contributed by atoms with van der Waals surface area (Å²) in [5, 5.41) is 6.50. The molecule has 1 aliphatic carbocycles. The quantitative estimate of drug-likeness (QED) is 0.611. The number of hydrogen-bond donors (Lipinski definition) is 2. The summed E-state index contributed by atoms with van der Waals surface area (Å²) in [6.07, 6.45) is 6.76. The summed E-state index contributed by atoms with van der Waals surface area (Å²) in [5.74, 6) is 2.87. The van der Waals surface area contributed by atoms with Crippen LogP contribution in [0, 0.1) is 13.8 Å².